The predicted molar refractivity (Wildman–Crippen MR) is 45.0 cm³/mol. The van der Waals surface area contributed by atoms with Crippen LogP contribution in [0.4, 0.5) is 0 Å². The van der Waals surface area contributed by atoms with Gasteiger partial charge in [0.25, 0.3) is 0 Å². The molecule has 0 spiro atoms. The van der Waals surface area contributed by atoms with Crippen molar-refractivity contribution < 1.29 is 10.1 Å². The van der Waals surface area contributed by atoms with E-state index >= 15 is 0 Å². The molecular formula is C8H10BO2. The molecule has 1 aromatic carbocycles. The van der Waals surface area contributed by atoms with Gasteiger partial charge >= 0.3 is 7.48 Å². The molecule has 0 saturated carbocycles. The Hall–Kier alpha value is -0.795. The first-order valence-corrected chi connectivity index (χ1v) is 3.44. The van der Waals surface area contributed by atoms with E-state index in [1.54, 1.807) is 0 Å². The molecule has 0 atom stereocenters. The molecule has 1 rings (SSSR count). The van der Waals surface area contributed by atoms with Gasteiger partial charge < -0.3 is 4.81 Å². The molecule has 0 bridgehead atoms. The van der Waals surface area contributed by atoms with E-state index in [1.165, 1.54) is 7.48 Å². The van der Waals surface area contributed by atoms with E-state index in [0.29, 0.717) is 0 Å². The van der Waals surface area contributed by atoms with Crippen LogP contribution in [0.5, 0.6) is 0 Å². The quantitative estimate of drug-likeness (QED) is 0.386. The highest BCUT2D eigenvalue weighted by molar-refractivity contribution is 6.46. The minimum absolute atomic E-state index is 0.880. The van der Waals surface area contributed by atoms with Crippen LogP contribution in [0.2, 0.25) is 0 Å². The van der Waals surface area contributed by atoms with Gasteiger partial charge in [-0.2, -0.15) is 0 Å². The second-order valence-corrected chi connectivity index (χ2v) is 2.64. The fourth-order valence-corrected chi connectivity index (χ4v) is 1.14. The zero-order valence-corrected chi connectivity index (χ0v) is 6.66. The molecule has 11 heavy (non-hydrogen) atoms. The standard InChI is InChI=1S/C8H10BO2/c1-6-3-7(2)5-8(4-6)9-11-10/h3-5,10H,1-2H3. The first-order chi connectivity index (χ1) is 5.22. The lowest BCUT2D eigenvalue weighted by molar-refractivity contribution is -0.135. The Labute approximate surface area is 67.0 Å². The van der Waals surface area contributed by atoms with Crippen LogP contribution in [0.15, 0.2) is 18.2 Å². The summed E-state index contributed by atoms with van der Waals surface area (Å²) in [4.78, 5) is 3.91. The maximum Gasteiger partial charge on any atom is 0.381 e. The lowest BCUT2D eigenvalue weighted by atomic mass is 9.86. The average Bonchev–Trinajstić information content (AvgIpc) is 1.85. The number of hydrogen-bond acceptors (Lipinski definition) is 2. The van der Waals surface area contributed by atoms with Crippen molar-refractivity contribution in [3.63, 3.8) is 0 Å². The van der Waals surface area contributed by atoms with Crippen molar-refractivity contribution >= 4 is 12.9 Å². The van der Waals surface area contributed by atoms with Gasteiger partial charge in [0.05, 0.1) is 0 Å². The summed E-state index contributed by atoms with van der Waals surface area (Å²) in [5, 5.41) is 8.15. The Balaban J connectivity index is 2.89. The molecule has 0 heterocycles. The van der Waals surface area contributed by atoms with Gasteiger partial charge in [0.15, 0.2) is 0 Å². The molecule has 2 nitrogen and oxygen atoms in total. The third kappa shape index (κ3) is 2.37. The van der Waals surface area contributed by atoms with Crippen molar-refractivity contribution in [1.29, 1.82) is 0 Å². The average molecular weight is 149 g/mol. The maximum atomic E-state index is 8.15. The topological polar surface area (TPSA) is 29.5 Å². The zero-order valence-electron chi connectivity index (χ0n) is 6.66. The molecule has 0 saturated heterocycles. The third-order valence-electron chi connectivity index (χ3n) is 1.43. The van der Waals surface area contributed by atoms with Crippen LogP contribution in [-0.2, 0) is 4.81 Å². The lowest BCUT2D eigenvalue weighted by Gasteiger charge is -2.00. The molecule has 0 aliphatic rings. The Morgan fingerprint density at radius 1 is 1.18 bits per heavy atom. The molecule has 0 aliphatic heterocycles. The summed E-state index contributed by atoms with van der Waals surface area (Å²) in [6, 6.07) is 5.93. The fraction of sp³-hybridized carbons (Fsp3) is 0.250. The lowest BCUT2D eigenvalue weighted by Crippen LogP contribution is -2.16. The predicted octanol–water partition coefficient (Wildman–Crippen LogP) is 1.04. The number of benzene rings is 1. The van der Waals surface area contributed by atoms with E-state index < -0.39 is 0 Å². The summed E-state index contributed by atoms with van der Waals surface area (Å²) in [5.74, 6) is 0. The van der Waals surface area contributed by atoms with Crippen LogP contribution in [-0.4, -0.2) is 12.7 Å². The molecule has 1 aromatic rings. The van der Waals surface area contributed by atoms with Crippen LogP contribution >= 0.6 is 0 Å². The van der Waals surface area contributed by atoms with Gasteiger partial charge in [-0.05, 0) is 19.3 Å². The van der Waals surface area contributed by atoms with Crippen molar-refractivity contribution in [1.82, 2.24) is 0 Å². The SMILES string of the molecule is Cc1cc(C)cc([B]OO)c1. The van der Waals surface area contributed by atoms with Gasteiger partial charge in [-0.3, -0.25) is 5.26 Å². The van der Waals surface area contributed by atoms with Crippen molar-refractivity contribution in [3.05, 3.63) is 29.3 Å². The van der Waals surface area contributed by atoms with Crippen molar-refractivity contribution in [2.75, 3.05) is 0 Å². The molecule has 0 unspecified atom stereocenters. The Bertz CT molecular complexity index is 228. The minimum atomic E-state index is 0.880. The second-order valence-electron chi connectivity index (χ2n) is 2.64. The van der Waals surface area contributed by atoms with Gasteiger partial charge in [0.2, 0.25) is 0 Å². The van der Waals surface area contributed by atoms with Gasteiger partial charge in [0.1, 0.15) is 0 Å². The summed E-state index contributed by atoms with van der Waals surface area (Å²) >= 11 is 0. The summed E-state index contributed by atoms with van der Waals surface area (Å²) in [6.07, 6.45) is 0. The van der Waals surface area contributed by atoms with Crippen LogP contribution < -0.4 is 5.46 Å². The van der Waals surface area contributed by atoms with Crippen LogP contribution in [0, 0.1) is 13.8 Å². The third-order valence-corrected chi connectivity index (χ3v) is 1.43. The van der Waals surface area contributed by atoms with E-state index in [1.807, 2.05) is 26.0 Å². The molecule has 0 aromatic heterocycles. The van der Waals surface area contributed by atoms with Crippen LogP contribution in [0.1, 0.15) is 11.1 Å². The molecule has 57 valence electrons. The highest BCUT2D eigenvalue weighted by atomic mass is 17.1. The first-order valence-electron chi connectivity index (χ1n) is 3.44. The minimum Gasteiger partial charge on any atom is -0.307 e. The van der Waals surface area contributed by atoms with Crippen molar-refractivity contribution in [2.45, 2.75) is 13.8 Å². The second kappa shape index (κ2) is 3.55. The summed E-state index contributed by atoms with van der Waals surface area (Å²) in [5.41, 5.74) is 3.20. The molecular weight excluding hydrogens is 139 g/mol. The van der Waals surface area contributed by atoms with Gasteiger partial charge in [-0.15, -0.1) is 0 Å². The largest absolute Gasteiger partial charge is 0.381 e. The first kappa shape index (κ1) is 8.30. The zero-order chi connectivity index (χ0) is 8.27. The van der Waals surface area contributed by atoms with Crippen molar-refractivity contribution in [2.24, 2.45) is 0 Å². The fourth-order valence-electron chi connectivity index (χ4n) is 1.14. The van der Waals surface area contributed by atoms with E-state index in [9.17, 15) is 0 Å². The summed E-state index contributed by atoms with van der Waals surface area (Å²) in [7, 11) is 1.31. The van der Waals surface area contributed by atoms with Crippen molar-refractivity contribution in [3.8, 4) is 0 Å². The van der Waals surface area contributed by atoms with Gasteiger partial charge in [0, 0.05) is 0 Å². The Kier molecular flexibility index (Phi) is 2.68. The molecule has 0 aliphatic carbocycles. The number of rotatable bonds is 2. The van der Waals surface area contributed by atoms with Gasteiger partial charge in [-0.1, -0.05) is 29.3 Å². The van der Waals surface area contributed by atoms with E-state index in [-0.39, 0.29) is 0 Å². The number of hydrogen-bond donors (Lipinski definition) is 1. The highest BCUT2D eigenvalue weighted by Gasteiger charge is 1.98. The summed E-state index contributed by atoms with van der Waals surface area (Å²) in [6.45, 7) is 4.00. The van der Waals surface area contributed by atoms with E-state index in [2.05, 4.69) is 10.9 Å². The molecule has 1 radical (unpaired) electrons. The number of aryl methyl sites for hydroxylation is 2. The molecule has 0 amide bonds. The van der Waals surface area contributed by atoms with Crippen LogP contribution in [0.25, 0.3) is 0 Å². The molecule has 0 fully saturated rings. The maximum absolute atomic E-state index is 8.15. The smallest absolute Gasteiger partial charge is 0.307 e. The summed E-state index contributed by atoms with van der Waals surface area (Å²) < 4.78 is 0. The Morgan fingerprint density at radius 2 is 1.73 bits per heavy atom. The highest BCUT2D eigenvalue weighted by Crippen LogP contribution is 1.99. The molecule has 1 N–H and O–H groups in total. The van der Waals surface area contributed by atoms with Gasteiger partial charge in [-0.25, -0.2) is 0 Å². The monoisotopic (exact) mass is 149 g/mol. The normalized spacial score (nSPS) is 9.73. The Morgan fingerprint density at radius 3 is 2.18 bits per heavy atom. The van der Waals surface area contributed by atoms with E-state index in [4.69, 9.17) is 5.26 Å². The molecule has 3 heteroatoms. The van der Waals surface area contributed by atoms with Crippen LogP contribution in [0.3, 0.4) is 0 Å². The van der Waals surface area contributed by atoms with E-state index in [0.717, 1.165) is 16.6 Å².